The van der Waals surface area contributed by atoms with E-state index in [2.05, 4.69) is 10.6 Å². The first-order valence-corrected chi connectivity index (χ1v) is 6.44. The lowest BCUT2D eigenvalue weighted by Gasteiger charge is -2.25. The molecule has 0 saturated heterocycles. The number of carbonyl (C=O) groups excluding carboxylic acids is 1. The Labute approximate surface area is 121 Å². The second-order valence-corrected chi connectivity index (χ2v) is 5.00. The van der Waals surface area contributed by atoms with E-state index in [1.165, 1.54) is 19.1 Å². The fourth-order valence-electron chi connectivity index (χ4n) is 1.71. The number of carboxylic acids is 1. The van der Waals surface area contributed by atoms with E-state index >= 15 is 0 Å². The van der Waals surface area contributed by atoms with Crippen LogP contribution in [0.15, 0.2) is 18.2 Å². The molecule has 0 aliphatic heterocycles. The topological polar surface area (TPSA) is 78.4 Å². The maximum absolute atomic E-state index is 13.0. The van der Waals surface area contributed by atoms with E-state index in [1.54, 1.807) is 0 Å². The first-order valence-electron chi connectivity index (χ1n) is 6.06. The zero-order valence-electron chi connectivity index (χ0n) is 11.2. The number of rotatable bonds is 5. The summed E-state index contributed by atoms with van der Waals surface area (Å²) in [5.74, 6) is -1.72. The molecule has 2 amide bonds. The van der Waals surface area contributed by atoms with Gasteiger partial charge in [-0.3, -0.25) is 0 Å². The summed E-state index contributed by atoms with van der Waals surface area (Å²) in [5.41, 5.74) is -1.08. The molecule has 1 aromatic carbocycles. The highest BCUT2D eigenvalue weighted by atomic mass is 35.5. The van der Waals surface area contributed by atoms with Crippen LogP contribution in [0.2, 0.25) is 5.02 Å². The van der Waals surface area contributed by atoms with Crippen LogP contribution in [0.1, 0.15) is 26.7 Å². The van der Waals surface area contributed by atoms with Gasteiger partial charge in [0.1, 0.15) is 11.4 Å². The summed E-state index contributed by atoms with van der Waals surface area (Å²) in [4.78, 5) is 23.0. The van der Waals surface area contributed by atoms with Crippen molar-refractivity contribution in [3.8, 4) is 0 Å². The zero-order chi connectivity index (χ0) is 15.3. The Morgan fingerprint density at radius 3 is 2.60 bits per heavy atom. The summed E-state index contributed by atoms with van der Waals surface area (Å²) in [6, 6.07) is 3.00. The third-order valence-electron chi connectivity index (χ3n) is 2.79. The minimum absolute atomic E-state index is 0.127. The second kappa shape index (κ2) is 6.56. The van der Waals surface area contributed by atoms with E-state index < -0.39 is 23.4 Å². The Hall–Kier alpha value is -1.82. The van der Waals surface area contributed by atoms with E-state index in [0.717, 1.165) is 6.07 Å². The van der Waals surface area contributed by atoms with Crippen LogP contribution in [0.5, 0.6) is 0 Å². The second-order valence-electron chi connectivity index (χ2n) is 4.60. The molecule has 1 aromatic rings. The number of hydrogen-bond donors (Lipinski definition) is 3. The zero-order valence-corrected chi connectivity index (χ0v) is 11.9. The lowest BCUT2D eigenvalue weighted by Crippen LogP contribution is -2.53. The molecule has 1 rings (SSSR count). The molecule has 20 heavy (non-hydrogen) atoms. The Bertz CT molecular complexity index is 524. The highest BCUT2D eigenvalue weighted by molar-refractivity contribution is 6.31. The minimum atomic E-state index is -1.36. The normalized spacial score (nSPS) is 13.4. The quantitative estimate of drug-likeness (QED) is 0.781. The van der Waals surface area contributed by atoms with Gasteiger partial charge in [0.15, 0.2) is 0 Å². The van der Waals surface area contributed by atoms with Gasteiger partial charge < -0.3 is 15.7 Å². The number of nitrogens with one attached hydrogen (secondary N) is 2. The molecule has 0 spiro atoms. The molecule has 0 radical (unpaired) electrons. The highest BCUT2D eigenvalue weighted by Crippen LogP contribution is 2.19. The van der Waals surface area contributed by atoms with Gasteiger partial charge >= 0.3 is 12.0 Å². The van der Waals surface area contributed by atoms with E-state index in [0.29, 0.717) is 12.8 Å². The number of anilines is 1. The molecule has 0 saturated carbocycles. The number of halogens is 2. The van der Waals surface area contributed by atoms with Crippen LogP contribution in [0, 0.1) is 5.82 Å². The number of carbonyl (C=O) groups is 2. The van der Waals surface area contributed by atoms with Gasteiger partial charge in [-0.2, -0.15) is 0 Å². The highest BCUT2D eigenvalue weighted by Gasteiger charge is 2.33. The van der Waals surface area contributed by atoms with Gasteiger partial charge in [-0.15, -0.1) is 0 Å². The molecule has 110 valence electrons. The summed E-state index contributed by atoms with van der Waals surface area (Å²) < 4.78 is 13.0. The van der Waals surface area contributed by atoms with Gasteiger partial charge in [0.2, 0.25) is 0 Å². The molecule has 1 unspecified atom stereocenters. The molecule has 0 aliphatic rings. The molecular formula is C13H16ClFN2O3. The number of benzene rings is 1. The molecule has 7 heteroatoms. The van der Waals surface area contributed by atoms with Crippen molar-refractivity contribution in [2.75, 3.05) is 5.32 Å². The third-order valence-corrected chi connectivity index (χ3v) is 3.08. The molecule has 1 atom stereocenters. The van der Waals surface area contributed by atoms with Crippen LogP contribution in [0.4, 0.5) is 14.9 Å². The summed E-state index contributed by atoms with van der Waals surface area (Å²) >= 11 is 5.59. The summed E-state index contributed by atoms with van der Waals surface area (Å²) in [5, 5.41) is 13.8. The fraction of sp³-hybridized carbons (Fsp3) is 0.385. The van der Waals surface area contributed by atoms with Crippen LogP contribution in [-0.2, 0) is 4.79 Å². The fourth-order valence-corrected chi connectivity index (χ4v) is 1.89. The average molecular weight is 303 g/mol. The molecular weight excluding hydrogens is 287 g/mol. The predicted molar refractivity (Wildman–Crippen MR) is 74.5 cm³/mol. The van der Waals surface area contributed by atoms with Crippen molar-refractivity contribution in [1.29, 1.82) is 0 Å². The van der Waals surface area contributed by atoms with E-state index in [4.69, 9.17) is 16.7 Å². The van der Waals surface area contributed by atoms with Gasteiger partial charge in [-0.05, 0) is 31.5 Å². The lowest BCUT2D eigenvalue weighted by atomic mass is 9.97. The summed E-state index contributed by atoms with van der Waals surface area (Å²) in [6.07, 6.45) is 0.894. The van der Waals surface area contributed by atoms with Gasteiger partial charge in [0.25, 0.3) is 0 Å². The SMILES string of the molecule is CCCC(C)(NC(=O)Nc1ccc(F)c(Cl)c1)C(=O)O. The maximum atomic E-state index is 13.0. The van der Waals surface area contributed by atoms with Crippen LogP contribution in [0.3, 0.4) is 0 Å². The first-order chi connectivity index (χ1) is 9.28. The Kier molecular flexibility index (Phi) is 5.33. The predicted octanol–water partition coefficient (Wildman–Crippen LogP) is 3.24. The van der Waals surface area contributed by atoms with Crippen molar-refractivity contribution in [3.63, 3.8) is 0 Å². The van der Waals surface area contributed by atoms with E-state index in [1.807, 2.05) is 6.92 Å². The summed E-state index contributed by atoms with van der Waals surface area (Å²) in [7, 11) is 0. The van der Waals surface area contributed by atoms with E-state index in [-0.39, 0.29) is 10.7 Å². The standard InChI is InChI=1S/C13H16ClFN2O3/c1-3-6-13(2,11(18)19)17-12(20)16-8-4-5-10(15)9(14)7-8/h4-5,7H,3,6H2,1-2H3,(H,18,19)(H2,16,17,20). The van der Waals surface area contributed by atoms with Gasteiger partial charge in [0, 0.05) is 5.69 Å². The largest absolute Gasteiger partial charge is 0.480 e. The van der Waals surface area contributed by atoms with Crippen LogP contribution < -0.4 is 10.6 Å². The Morgan fingerprint density at radius 2 is 2.10 bits per heavy atom. The molecule has 5 nitrogen and oxygen atoms in total. The number of aliphatic carboxylic acids is 1. The number of amides is 2. The van der Waals surface area contributed by atoms with Crippen molar-refractivity contribution in [1.82, 2.24) is 5.32 Å². The lowest BCUT2D eigenvalue weighted by molar-refractivity contribution is -0.143. The Morgan fingerprint density at radius 1 is 1.45 bits per heavy atom. The van der Waals surface area contributed by atoms with Crippen molar-refractivity contribution < 1.29 is 19.1 Å². The smallest absolute Gasteiger partial charge is 0.329 e. The minimum Gasteiger partial charge on any atom is -0.480 e. The van der Waals surface area contributed by atoms with Crippen molar-refractivity contribution in [2.45, 2.75) is 32.2 Å². The number of hydrogen-bond acceptors (Lipinski definition) is 2. The molecule has 0 fully saturated rings. The van der Waals surface area contributed by atoms with Gasteiger partial charge in [-0.1, -0.05) is 24.9 Å². The summed E-state index contributed by atoms with van der Waals surface area (Å²) in [6.45, 7) is 3.25. The number of carboxylic acid groups (broad SMARTS) is 1. The van der Waals surface area contributed by atoms with Gasteiger partial charge in [0.05, 0.1) is 5.02 Å². The van der Waals surface area contributed by atoms with Crippen molar-refractivity contribution in [2.24, 2.45) is 0 Å². The first kappa shape index (κ1) is 16.2. The van der Waals surface area contributed by atoms with Crippen molar-refractivity contribution >= 4 is 29.3 Å². The third kappa shape index (κ3) is 4.09. The van der Waals surface area contributed by atoms with Crippen LogP contribution in [-0.4, -0.2) is 22.6 Å². The molecule has 0 aromatic heterocycles. The average Bonchev–Trinajstić information content (AvgIpc) is 2.33. The molecule has 0 aliphatic carbocycles. The molecule has 0 bridgehead atoms. The molecule has 3 N–H and O–H groups in total. The van der Waals surface area contributed by atoms with Crippen LogP contribution >= 0.6 is 11.6 Å². The van der Waals surface area contributed by atoms with Crippen molar-refractivity contribution in [3.05, 3.63) is 29.0 Å². The molecule has 0 heterocycles. The van der Waals surface area contributed by atoms with Crippen LogP contribution in [0.25, 0.3) is 0 Å². The van der Waals surface area contributed by atoms with E-state index in [9.17, 15) is 14.0 Å². The number of urea groups is 1. The maximum Gasteiger partial charge on any atom is 0.329 e. The monoisotopic (exact) mass is 302 g/mol. The van der Waals surface area contributed by atoms with Gasteiger partial charge in [-0.25, -0.2) is 14.0 Å². The Balaban J connectivity index is 2.75.